The molecule has 9 rings (SSSR count). The van der Waals surface area contributed by atoms with Crippen LogP contribution in [0.4, 0.5) is 0 Å². The van der Waals surface area contributed by atoms with Crippen LogP contribution in [-0.2, 0) is 21.1 Å². The molecule has 4 nitrogen and oxygen atoms in total. The van der Waals surface area contributed by atoms with E-state index in [0.29, 0.717) is 0 Å². The minimum atomic E-state index is 0. The normalized spacial score (nSPS) is 11.5. The largest absolute Gasteiger partial charge is 2.00 e. The third-order valence-corrected chi connectivity index (χ3v) is 8.19. The van der Waals surface area contributed by atoms with Gasteiger partial charge in [-0.3, -0.25) is 4.98 Å². The Hall–Kier alpha value is -5.05. The van der Waals surface area contributed by atoms with E-state index in [2.05, 4.69) is 126 Å². The van der Waals surface area contributed by atoms with Gasteiger partial charge >= 0.3 is 21.1 Å². The predicted octanol–water partition coefficient (Wildman–Crippen LogP) is 9.12. The molecule has 0 spiro atoms. The predicted molar refractivity (Wildman–Crippen MR) is 172 cm³/mol. The van der Waals surface area contributed by atoms with Crippen LogP contribution in [0.15, 0.2) is 134 Å². The van der Waals surface area contributed by atoms with Gasteiger partial charge < -0.3 is 9.55 Å². The average Bonchev–Trinajstić information content (AvgIpc) is 3.60. The number of fused-ring (bicyclic) bond motifs is 7. The first kappa shape index (κ1) is 25.6. The first-order valence-corrected chi connectivity index (χ1v) is 14.0. The minimum Gasteiger partial charge on any atom is -0.656 e. The Morgan fingerprint density at radius 1 is 0.628 bits per heavy atom. The summed E-state index contributed by atoms with van der Waals surface area (Å²) in [4.78, 5) is 15.1. The first-order chi connectivity index (χ1) is 20.8. The van der Waals surface area contributed by atoms with E-state index in [1.165, 1.54) is 5.39 Å². The number of aromatic nitrogens is 4. The van der Waals surface area contributed by atoms with E-state index in [4.69, 9.17) is 15.0 Å². The van der Waals surface area contributed by atoms with Gasteiger partial charge in [-0.15, -0.1) is 40.9 Å². The van der Waals surface area contributed by atoms with Crippen LogP contribution in [0, 0.1) is 6.07 Å². The Balaban J connectivity index is 0.00000278. The molecule has 43 heavy (non-hydrogen) atoms. The fourth-order valence-corrected chi connectivity index (χ4v) is 6.31. The van der Waals surface area contributed by atoms with Crippen LogP contribution in [0.2, 0.25) is 0 Å². The summed E-state index contributed by atoms with van der Waals surface area (Å²) in [5, 5.41) is 6.84. The molecular weight excluding hydrogens is 708 g/mol. The van der Waals surface area contributed by atoms with Crippen molar-refractivity contribution in [3.63, 3.8) is 0 Å². The maximum absolute atomic E-state index is 5.31. The fourth-order valence-electron chi connectivity index (χ4n) is 6.31. The van der Waals surface area contributed by atoms with Gasteiger partial charge in [-0.05, 0) is 51.3 Å². The molecule has 4 heterocycles. The van der Waals surface area contributed by atoms with Crippen LogP contribution in [0.25, 0.3) is 82.7 Å². The van der Waals surface area contributed by atoms with Crippen molar-refractivity contribution in [2.75, 3.05) is 0 Å². The number of nitrogens with zero attached hydrogens (tertiary/aromatic N) is 4. The van der Waals surface area contributed by atoms with Crippen molar-refractivity contribution in [1.82, 2.24) is 19.5 Å². The van der Waals surface area contributed by atoms with E-state index in [9.17, 15) is 0 Å². The molecular formula is C38H22N4Pt. The van der Waals surface area contributed by atoms with Gasteiger partial charge in [0.25, 0.3) is 0 Å². The minimum absolute atomic E-state index is 0. The van der Waals surface area contributed by atoms with Crippen LogP contribution in [-0.4, -0.2) is 14.5 Å². The zero-order chi connectivity index (χ0) is 27.6. The van der Waals surface area contributed by atoms with Crippen LogP contribution in [0.3, 0.4) is 0 Å². The summed E-state index contributed by atoms with van der Waals surface area (Å²) in [7, 11) is 0. The Kier molecular flexibility index (Phi) is 5.99. The van der Waals surface area contributed by atoms with Gasteiger partial charge in [-0.2, -0.15) is 0 Å². The molecule has 5 aromatic carbocycles. The van der Waals surface area contributed by atoms with Gasteiger partial charge in [-0.1, -0.05) is 91.0 Å². The second-order valence-electron chi connectivity index (χ2n) is 10.6. The van der Waals surface area contributed by atoms with Gasteiger partial charge in [0.05, 0.1) is 11.2 Å². The fraction of sp³-hybridized carbons (Fsp3) is 0. The van der Waals surface area contributed by atoms with Gasteiger partial charge in [0.1, 0.15) is 5.65 Å². The van der Waals surface area contributed by atoms with Crippen molar-refractivity contribution in [2.24, 2.45) is 0 Å². The molecule has 9 aromatic rings. The van der Waals surface area contributed by atoms with Crippen molar-refractivity contribution in [3.05, 3.63) is 140 Å². The summed E-state index contributed by atoms with van der Waals surface area (Å²) in [6, 6.07) is 47.8. The van der Waals surface area contributed by atoms with Crippen LogP contribution < -0.4 is 4.98 Å². The first-order valence-electron chi connectivity index (χ1n) is 14.0. The standard InChI is InChI=1S/C38H22N4.Pt/c1-2-13-27-24(10-1)23-34(41-36(27)32-17-8-16-30-28-14-3-5-19-33(28)40-37(30)32)25-11-7-12-26(22-25)42-35-20-6-4-15-29(35)31-18-9-21-39-38(31)42;/h1-21,23H;/q-2;+2. The van der Waals surface area contributed by atoms with Gasteiger partial charge in [0.2, 0.25) is 0 Å². The van der Waals surface area contributed by atoms with Crippen molar-refractivity contribution in [3.8, 4) is 28.2 Å². The molecule has 0 saturated heterocycles. The average molecular weight is 730 g/mol. The van der Waals surface area contributed by atoms with Gasteiger partial charge in [0, 0.05) is 22.4 Å². The molecule has 0 aliphatic heterocycles. The zero-order valence-corrected chi connectivity index (χ0v) is 25.1. The maximum Gasteiger partial charge on any atom is 2.00 e. The summed E-state index contributed by atoms with van der Waals surface area (Å²) >= 11 is 0. The quantitative estimate of drug-likeness (QED) is 0.171. The number of hydrogen-bond acceptors (Lipinski definition) is 2. The maximum atomic E-state index is 5.31. The summed E-state index contributed by atoms with van der Waals surface area (Å²) in [5.41, 5.74) is 8.68. The SMILES string of the molecule is [Pt+2].[c-]1c(-c2cc3ccccc3c(-c3cccc4c3[n-]c3ccccc34)n2)cccc1-n1c2ccccc2c2cccnc21. The summed E-state index contributed by atoms with van der Waals surface area (Å²) in [6.45, 7) is 0. The Morgan fingerprint density at radius 2 is 1.37 bits per heavy atom. The van der Waals surface area contributed by atoms with Crippen LogP contribution in [0.1, 0.15) is 0 Å². The third-order valence-electron chi connectivity index (χ3n) is 8.19. The Morgan fingerprint density at radius 3 is 2.30 bits per heavy atom. The molecule has 0 amide bonds. The topological polar surface area (TPSA) is 44.8 Å². The molecule has 0 unspecified atom stereocenters. The molecule has 204 valence electrons. The molecule has 0 fully saturated rings. The van der Waals surface area contributed by atoms with E-state index in [1.54, 1.807) is 0 Å². The molecule has 0 aliphatic rings. The summed E-state index contributed by atoms with van der Waals surface area (Å²) in [5.74, 6) is 0. The van der Waals surface area contributed by atoms with Crippen molar-refractivity contribution in [2.45, 2.75) is 0 Å². The smallest absolute Gasteiger partial charge is 0.656 e. The molecule has 0 radical (unpaired) electrons. The molecule has 0 atom stereocenters. The zero-order valence-electron chi connectivity index (χ0n) is 22.8. The Bertz CT molecular complexity index is 2430. The van der Waals surface area contributed by atoms with Crippen molar-refractivity contribution < 1.29 is 21.1 Å². The van der Waals surface area contributed by atoms with Gasteiger partial charge in [0.15, 0.2) is 0 Å². The van der Waals surface area contributed by atoms with E-state index in [-0.39, 0.29) is 21.1 Å². The van der Waals surface area contributed by atoms with Gasteiger partial charge in [-0.25, -0.2) is 4.98 Å². The molecule has 0 N–H and O–H groups in total. The number of hydrogen-bond donors (Lipinski definition) is 0. The van der Waals surface area contributed by atoms with E-state index in [1.807, 2.05) is 18.3 Å². The van der Waals surface area contributed by atoms with Crippen LogP contribution in [0.5, 0.6) is 0 Å². The third kappa shape index (κ3) is 3.95. The number of benzene rings is 5. The molecule has 0 saturated carbocycles. The molecule has 5 heteroatoms. The van der Waals surface area contributed by atoms with E-state index < -0.39 is 0 Å². The number of pyridine rings is 2. The second-order valence-corrected chi connectivity index (χ2v) is 10.6. The molecule has 4 aromatic heterocycles. The monoisotopic (exact) mass is 729 g/mol. The molecule has 0 aliphatic carbocycles. The van der Waals surface area contributed by atoms with E-state index in [0.717, 1.165) is 77.3 Å². The summed E-state index contributed by atoms with van der Waals surface area (Å²) < 4.78 is 2.19. The van der Waals surface area contributed by atoms with Crippen molar-refractivity contribution >= 4 is 54.5 Å². The van der Waals surface area contributed by atoms with Crippen LogP contribution >= 0.6 is 0 Å². The number of rotatable bonds is 3. The molecule has 0 bridgehead atoms. The van der Waals surface area contributed by atoms with E-state index >= 15 is 0 Å². The van der Waals surface area contributed by atoms with Crippen molar-refractivity contribution in [1.29, 1.82) is 0 Å². The second kappa shape index (κ2) is 10.0. The Labute approximate surface area is 261 Å². The summed E-state index contributed by atoms with van der Waals surface area (Å²) in [6.07, 6.45) is 1.85. The number of para-hydroxylation sites is 3.